The molecular weight excluding hydrogens is 206 g/mol. The summed E-state index contributed by atoms with van der Waals surface area (Å²) in [5.74, 6) is 0.190. The first-order valence-electron chi connectivity index (χ1n) is 5.18. The monoisotopic (exact) mass is 221 g/mol. The molecule has 0 radical (unpaired) electrons. The quantitative estimate of drug-likeness (QED) is 0.740. The Labute approximate surface area is 94.4 Å². The van der Waals surface area contributed by atoms with E-state index in [-0.39, 0.29) is 18.6 Å². The minimum atomic E-state index is -0.459. The Hall–Kier alpha value is -1.84. The molecule has 1 amide bonds. The Balaban J connectivity index is 2.59. The van der Waals surface area contributed by atoms with E-state index in [2.05, 4.69) is 0 Å². The van der Waals surface area contributed by atoms with Gasteiger partial charge in [0, 0.05) is 18.4 Å². The average Bonchev–Trinajstić information content (AvgIpc) is 2.27. The van der Waals surface area contributed by atoms with Crippen LogP contribution in [0.25, 0.3) is 0 Å². The molecule has 1 aromatic rings. The van der Waals surface area contributed by atoms with Gasteiger partial charge in [0.15, 0.2) is 5.78 Å². The number of rotatable bonds is 6. The van der Waals surface area contributed by atoms with E-state index in [1.165, 1.54) is 0 Å². The maximum absolute atomic E-state index is 11.6. The molecule has 16 heavy (non-hydrogen) atoms. The second kappa shape index (κ2) is 5.90. The van der Waals surface area contributed by atoms with E-state index in [0.717, 1.165) is 5.75 Å². The lowest BCUT2D eigenvalue weighted by Gasteiger charge is -2.03. The number of carbonyl (C=O) groups excluding carboxylic acids is 2. The molecule has 4 heteroatoms. The highest BCUT2D eigenvalue weighted by Crippen LogP contribution is 2.13. The zero-order valence-corrected chi connectivity index (χ0v) is 9.23. The molecule has 0 heterocycles. The molecule has 0 spiro atoms. The highest BCUT2D eigenvalue weighted by Gasteiger charge is 2.07. The van der Waals surface area contributed by atoms with Crippen LogP contribution >= 0.6 is 0 Å². The number of carbonyl (C=O) groups is 2. The van der Waals surface area contributed by atoms with Crippen LogP contribution in [0.15, 0.2) is 24.3 Å². The van der Waals surface area contributed by atoms with Crippen LogP contribution in [0.1, 0.15) is 30.1 Å². The van der Waals surface area contributed by atoms with E-state index >= 15 is 0 Å². The molecule has 0 saturated carbocycles. The molecular formula is C12H15NO3. The fourth-order valence-electron chi connectivity index (χ4n) is 1.28. The van der Waals surface area contributed by atoms with Crippen molar-refractivity contribution in [2.24, 2.45) is 5.73 Å². The van der Waals surface area contributed by atoms with Gasteiger partial charge in [-0.1, -0.05) is 0 Å². The summed E-state index contributed by atoms with van der Waals surface area (Å²) < 4.78 is 5.25. The molecule has 0 fully saturated rings. The van der Waals surface area contributed by atoms with E-state index in [9.17, 15) is 9.59 Å². The molecule has 0 aliphatic heterocycles. The highest BCUT2D eigenvalue weighted by atomic mass is 16.5. The van der Waals surface area contributed by atoms with Gasteiger partial charge >= 0.3 is 0 Å². The number of Topliss-reactive ketones (excluding diaryl/α,β-unsaturated/α-hetero) is 1. The van der Waals surface area contributed by atoms with Crippen LogP contribution in [0.4, 0.5) is 0 Å². The van der Waals surface area contributed by atoms with E-state index in [1.54, 1.807) is 24.3 Å². The molecule has 1 rings (SSSR count). The summed E-state index contributed by atoms with van der Waals surface area (Å²) >= 11 is 0. The van der Waals surface area contributed by atoms with Crippen LogP contribution in [0.3, 0.4) is 0 Å². The third-order valence-electron chi connectivity index (χ3n) is 2.09. The van der Waals surface area contributed by atoms with Gasteiger partial charge in [-0.25, -0.2) is 0 Å². The molecule has 1 aromatic carbocycles. The summed E-state index contributed by atoms with van der Waals surface area (Å²) in [5.41, 5.74) is 5.55. The van der Waals surface area contributed by atoms with E-state index in [0.29, 0.717) is 12.2 Å². The second-order valence-corrected chi connectivity index (χ2v) is 3.35. The lowest BCUT2D eigenvalue weighted by molar-refractivity contribution is -0.118. The number of ether oxygens (including phenoxy) is 1. The predicted molar refractivity (Wildman–Crippen MR) is 60.4 cm³/mol. The first-order valence-corrected chi connectivity index (χ1v) is 5.18. The summed E-state index contributed by atoms with van der Waals surface area (Å²) in [5, 5.41) is 0. The zero-order chi connectivity index (χ0) is 12.0. The van der Waals surface area contributed by atoms with Crippen molar-refractivity contribution in [1.82, 2.24) is 0 Å². The van der Waals surface area contributed by atoms with Crippen LogP contribution in [0.5, 0.6) is 5.75 Å². The van der Waals surface area contributed by atoms with Crippen LogP contribution in [0.2, 0.25) is 0 Å². The minimum Gasteiger partial charge on any atom is -0.494 e. The topological polar surface area (TPSA) is 69.4 Å². The number of hydrogen-bond donors (Lipinski definition) is 1. The predicted octanol–water partition coefficient (Wildman–Crippen LogP) is 1.53. The minimum absolute atomic E-state index is 0.0816. The second-order valence-electron chi connectivity index (χ2n) is 3.35. The molecule has 0 aliphatic carbocycles. The largest absolute Gasteiger partial charge is 0.494 e. The Kier molecular flexibility index (Phi) is 4.51. The van der Waals surface area contributed by atoms with Crippen molar-refractivity contribution in [3.63, 3.8) is 0 Å². The van der Waals surface area contributed by atoms with Crippen molar-refractivity contribution in [2.45, 2.75) is 19.8 Å². The molecule has 86 valence electrons. The van der Waals surface area contributed by atoms with Gasteiger partial charge in [-0.3, -0.25) is 9.59 Å². The normalized spacial score (nSPS) is 9.81. The van der Waals surface area contributed by atoms with E-state index < -0.39 is 5.91 Å². The molecule has 0 bridgehead atoms. The summed E-state index contributed by atoms with van der Waals surface area (Å²) in [6.07, 6.45) is 0.245. The van der Waals surface area contributed by atoms with Gasteiger partial charge in [0.25, 0.3) is 0 Å². The summed E-state index contributed by atoms with van der Waals surface area (Å²) in [6.45, 7) is 2.49. The number of nitrogens with two attached hydrogens (primary N) is 1. The maximum Gasteiger partial charge on any atom is 0.217 e. The van der Waals surface area contributed by atoms with E-state index in [1.807, 2.05) is 6.92 Å². The van der Waals surface area contributed by atoms with Crippen molar-refractivity contribution in [2.75, 3.05) is 6.61 Å². The fourth-order valence-corrected chi connectivity index (χ4v) is 1.28. The molecule has 4 nitrogen and oxygen atoms in total. The molecule has 0 aromatic heterocycles. The third-order valence-corrected chi connectivity index (χ3v) is 2.09. The number of amides is 1. The van der Waals surface area contributed by atoms with Crippen molar-refractivity contribution < 1.29 is 14.3 Å². The Bertz CT molecular complexity index is 370. The lowest BCUT2D eigenvalue weighted by Crippen LogP contribution is -2.12. The van der Waals surface area contributed by atoms with Crippen LogP contribution in [-0.4, -0.2) is 18.3 Å². The molecule has 2 N–H and O–H groups in total. The maximum atomic E-state index is 11.6. The van der Waals surface area contributed by atoms with E-state index in [4.69, 9.17) is 10.5 Å². The summed E-state index contributed by atoms with van der Waals surface area (Å²) in [6, 6.07) is 6.85. The van der Waals surface area contributed by atoms with Crippen LogP contribution in [0, 0.1) is 0 Å². The van der Waals surface area contributed by atoms with Crippen molar-refractivity contribution in [3.05, 3.63) is 29.8 Å². The van der Waals surface area contributed by atoms with Crippen molar-refractivity contribution >= 4 is 11.7 Å². The van der Waals surface area contributed by atoms with Crippen LogP contribution in [-0.2, 0) is 4.79 Å². The Morgan fingerprint density at radius 2 is 1.81 bits per heavy atom. The Morgan fingerprint density at radius 1 is 1.19 bits per heavy atom. The smallest absolute Gasteiger partial charge is 0.217 e. The SMILES string of the molecule is CCOc1ccc(C(=O)CCC(N)=O)cc1. The summed E-state index contributed by atoms with van der Waals surface area (Å²) in [7, 11) is 0. The van der Waals surface area contributed by atoms with Gasteiger partial charge < -0.3 is 10.5 Å². The standard InChI is InChI=1S/C12H15NO3/c1-2-16-10-5-3-9(4-6-10)11(14)7-8-12(13)15/h3-6H,2,7-8H2,1H3,(H2,13,15). The number of primary amides is 1. The molecule has 0 unspecified atom stereocenters. The van der Waals surface area contributed by atoms with Gasteiger partial charge in [0.1, 0.15) is 5.75 Å². The number of hydrogen-bond acceptors (Lipinski definition) is 3. The lowest BCUT2D eigenvalue weighted by atomic mass is 10.1. The van der Waals surface area contributed by atoms with Crippen molar-refractivity contribution in [3.8, 4) is 5.75 Å². The van der Waals surface area contributed by atoms with Gasteiger partial charge in [-0.2, -0.15) is 0 Å². The highest BCUT2D eigenvalue weighted by molar-refractivity contribution is 5.97. The summed E-state index contributed by atoms with van der Waals surface area (Å²) in [4.78, 5) is 22.1. The van der Waals surface area contributed by atoms with Crippen LogP contribution < -0.4 is 10.5 Å². The third kappa shape index (κ3) is 3.73. The molecule has 0 saturated heterocycles. The van der Waals surface area contributed by atoms with Gasteiger partial charge in [-0.05, 0) is 31.2 Å². The fraction of sp³-hybridized carbons (Fsp3) is 0.333. The average molecular weight is 221 g/mol. The van der Waals surface area contributed by atoms with Gasteiger partial charge in [0.05, 0.1) is 6.61 Å². The number of benzene rings is 1. The first-order chi connectivity index (χ1) is 7.63. The molecule has 0 aliphatic rings. The zero-order valence-electron chi connectivity index (χ0n) is 9.23. The number of ketones is 1. The van der Waals surface area contributed by atoms with Gasteiger partial charge in [-0.15, -0.1) is 0 Å². The Morgan fingerprint density at radius 3 is 2.31 bits per heavy atom. The molecule has 0 atom stereocenters. The first kappa shape index (κ1) is 12.2. The van der Waals surface area contributed by atoms with Gasteiger partial charge in [0.2, 0.25) is 5.91 Å². The van der Waals surface area contributed by atoms with Crippen molar-refractivity contribution in [1.29, 1.82) is 0 Å².